The molecule has 1 aromatic heterocycles. The fraction of sp³-hybridized carbons (Fsp3) is 0.800. The number of aromatic nitrogens is 3. The number of hydrogen-bond acceptors (Lipinski definition) is 3. The van der Waals surface area contributed by atoms with Crippen molar-refractivity contribution in [2.75, 3.05) is 20.1 Å². The summed E-state index contributed by atoms with van der Waals surface area (Å²) >= 11 is 0. The van der Waals surface area contributed by atoms with Gasteiger partial charge in [-0.2, -0.15) is 0 Å². The predicted molar refractivity (Wildman–Crippen MR) is 83.1 cm³/mol. The zero-order valence-corrected chi connectivity index (χ0v) is 13.4. The predicted octanol–water partition coefficient (Wildman–Crippen LogP) is 1.42. The van der Waals surface area contributed by atoms with E-state index < -0.39 is 0 Å². The van der Waals surface area contributed by atoms with E-state index in [0.29, 0.717) is 12.0 Å². The molecule has 1 fully saturated rings. The summed E-state index contributed by atoms with van der Waals surface area (Å²) in [6.07, 6.45) is 4.74. The molecule has 6 heteroatoms. The maximum Gasteiger partial charge on any atom is 0.194 e. The fourth-order valence-electron chi connectivity index (χ4n) is 3.28. The largest absolute Gasteiger partial charge is 0.349 e. The lowest BCUT2D eigenvalue weighted by Crippen LogP contribution is -2.40. The molecule has 1 saturated heterocycles. The highest BCUT2D eigenvalue weighted by molar-refractivity contribution is 5.80. The van der Waals surface area contributed by atoms with Crippen LogP contribution in [0.3, 0.4) is 0 Å². The smallest absolute Gasteiger partial charge is 0.194 e. The van der Waals surface area contributed by atoms with E-state index in [1.807, 2.05) is 7.05 Å². The maximum atomic E-state index is 4.42. The van der Waals surface area contributed by atoms with Gasteiger partial charge < -0.3 is 14.8 Å². The highest BCUT2D eigenvalue weighted by atomic mass is 15.3. The third-order valence-corrected chi connectivity index (χ3v) is 4.53. The molecule has 21 heavy (non-hydrogen) atoms. The molecular weight excluding hydrogens is 264 g/mol. The first-order valence-electron chi connectivity index (χ1n) is 7.96. The molecule has 3 heterocycles. The van der Waals surface area contributed by atoms with Crippen LogP contribution in [-0.4, -0.2) is 45.8 Å². The van der Waals surface area contributed by atoms with Gasteiger partial charge in [-0.05, 0) is 24.7 Å². The van der Waals surface area contributed by atoms with Gasteiger partial charge in [-0.1, -0.05) is 13.8 Å². The molecule has 6 nitrogen and oxygen atoms in total. The third kappa shape index (κ3) is 3.04. The Morgan fingerprint density at radius 3 is 2.86 bits per heavy atom. The van der Waals surface area contributed by atoms with Gasteiger partial charge in [0.25, 0.3) is 0 Å². The van der Waals surface area contributed by atoms with Crippen LogP contribution in [0.5, 0.6) is 0 Å². The molecule has 0 unspecified atom stereocenters. The van der Waals surface area contributed by atoms with E-state index in [0.717, 1.165) is 43.7 Å². The summed E-state index contributed by atoms with van der Waals surface area (Å²) in [4.78, 5) is 6.76. The Labute approximate surface area is 126 Å². The SMILES string of the molecule is CN=C(NCc1nnc2n1CCCC2)N1CCC(C)(C)C1. The standard InChI is InChI=1S/C15H26N6/c1-15(2)7-9-20(11-15)14(16-3)17-10-13-19-18-12-6-4-5-8-21(12)13/h4-11H2,1-3H3,(H,16,17). The number of guanidine groups is 1. The summed E-state index contributed by atoms with van der Waals surface area (Å²) in [6, 6.07) is 0. The van der Waals surface area contributed by atoms with Gasteiger partial charge in [0.15, 0.2) is 11.8 Å². The molecule has 0 aliphatic carbocycles. The molecule has 2 aliphatic heterocycles. The minimum absolute atomic E-state index is 0.381. The lowest BCUT2D eigenvalue weighted by atomic mass is 9.93. The Kier molecular flexibility index (Phi) is 3.87. The number of aliphatic imine (C=N–C) groups is 1. The maximum absolute atomic E-state index is 4.42. The first-order valence-corrected chi connectivity index (χ1v) is 7.96. The van der Waals surface area contributed by atoms with Gasteiger partial charge in [-0.3, -0.25) is 4.99 Å². The van der Waals surface area contributed by atoms with Crippen molar-refractivity contribution in [1.29, 1.82) is 0 Å². The summed E-state index contributed by atoms with van der Waals surface area (Å²) < 4.78 is 2.26. The van der Waals surface area contributed by atoms with E-state index in [4.69, 9.17) is 0 Å². The molecule has 0 spiro atoms. The number of hydrogen-bond donors (Lipinski definition) is 1. The highest BCUT2D eigenvalue weighted by Crippen LogP contribution is 2.28. The van der Waals surface area contributed by atoms with Gasteiger partial charge in [0, 0.05) is 33.1 Å². The van der Waals surface area contributed by atoms with E-state index >= 15 is 0 Å². The van der Waals surface area contributed by atoms with Crippen LogP contribution in [0.1, 0.15) is 44.8 Å². The van der Waals surface area contributed by atoms with Crippen molar-refractivity contribution in [3.05, 3.63) is 11.6 Å². The number of rotatable bonds is 2. The first kappa shape index (κ1) is 14.4. The van der Waals surface area contributed by atoms with Gasteiger partial charge in [0.05, 0.1) is 6.54 Å². The summed E-state index contributed by atoms with van der Waals surface area (Å²) in [5, 5.41) is 12.1. The molecule has 1 aromatic rings. The molecule has 0 aromatic carbocycles. The van der Waals surface area contributed by atoms with E-state index in [2.05, 4.69) is 43.8 Å². The molecule has 0 saturated carbocycles. The van der Waals surface area contributed by atoms with Crippen molar-refractivity contribution in [3.8, 4) is 0 Å². The van der Waals surface area contributed by atoms with Crippen LogP contribution < -0.4 is 5.32 Å². The number of nitrogens with zero attached hydrogens (tertiary/aromatic N) is 5. The Bertz CT molecular complexity index is 530. The molecule has 3 rings (SSSR count). The van der Waals surface area contributed by atoms with Crippen molar-refractivity contribution in [2.24, 2.45) is 10.4 Å². The van der Waals surface area contributed by atoms with E-state index in [9.17, 15) is 0 Å². The molecule has 0 amide bonds. The Balaban J connectivity index is 1.62. The van der Waals surface area contributed by atoms with Crippen molar-refractivity contribution < 1.29 is 0 Å². The van der Waals surface area contributed by atoms with Crippen LogP contribution in [-0.2, 0) is 19.5 Å². The Morgan fingerprint density at radius 1 is 1.29 bits per heavy atom. The highest BCUT2D eigenvalue weighted by Gasteiger charge is 2.31. The summed E-state index contributed by atoms with van der Waals surface area (Å²) in [7, 11) is 1.85. The lowest BCUT2D eigenvalue weighted by molar-refractivity contribution is 0.369. The molecule has 0 atom stereocenters. The van der Waals surface area contributed by atoms with Gasteiger partial charge >= 0.3 is 0 Å². The van der Waals surface area contributed by atoms with E-state index in [1.54, 1.807) is 0 Å². The summed E-state index contributed by atoms with van der Waals surface area (Å²) in [5.74, 6) is 3.15. The van der Waals surface area contributed by atoms with Crippen LogP contribution in [0.2, 0.25) is 0 Å². The monoisotopic (exact) mass is 290 g/mol. The second-order valence-electron chi connectivity index (χ2n) is 6.88. The zero-order valence-electron chi connectivity index (χ0n) is 13.4. The molecule has 1 N–H and O–H groups in total. The summed E-state index contributed by atoms with van der Waals surface area (Å²) in [6.45, 7) is 8.52. The van der Waals surface area contributed by atoms with E-state index in [-0.39, 0.29) is 0 Å². The van der Waals surface area contributed by atoms with Crippen molar-refractivity contribution in [3.63, 3.8) is 0 Å². The molecule has 116 valence electrons. The van der Waals surface area contributed by atoms with Crippen molar-refractivity contribution in [2.45, 2.75) is 52.6 Å². The third-order valence-electron chi connectivity index (χ3n) is 4.53. The minimum Gasteiger partial charge on any atom is -0.349 e. The fourth-order valence-corrected chi connectivity index (χ4v) is 3.28. The minimum atomic E-state index is 0.381. The lowest BCUT2D eigenvalue weighted by Gasteiger charge is -2.23. The van der Waals surface area contributed by atoms with Gasteiger partial charge in [-0.15, -0.1) is 10.2 Å². The van der Waals surface area contributed by atoms with Crippen LogP contribution >= 0.6 is 0 Å². The van der Waals surface area contributed by atoms with Gasteiger partial charge in [0.2, 0.25) is 0 Å². The molecular formula is C15H26N6. The topological polar surface area (TPSA) is 58.3 Å². The second-order valence-corrected chi connectivity index (χ2v) is 6.88. The average Bonchev–Trinajstić information content (AvgIpc) is 3.04. The van der Waals surface area contributed by atoms with Crippen LogP contribution in [0.15, 0.2) is 4.99 Å². The van der Waals surface area contributed by atoms with E-state index in [1.165, 1.54) is 19.3 Å². The number of aryl methyl sites for hydroxylation is 1. The quantitative estimate of drug-likeness (QED) is 0.661. The van der Waals surface area contributed by atoms with Crippen LogP contribution in [0.25, 0.3) is 0 Å². The number of nitrogens with one attached hydrogen (secondary N) is 1. The van der Waals surface area contributed by atoms with Crippen LogP contribution in [0, 0.1) is 5.41 Å². The molecule has 2 aliphatic rings. The average molecular weight is 290 g/mol. The normalized spacial score (nSPS) is 21.5. The van der Waals surface area contributed by atoms with Crippen molar-refractivity contribution in [1.82, 2.24) is 25.0 Å². The van der Waals surface area contributed by atoms with Gasteiger partial charge in [-0.25, -0.2) is 0 Å². The van der Waals surface area contributed by atoms with Crippen LogP contribution in [0.4, 0.5) is 0 Å². The molecule has 0 bridgehead atoms. The Hall–Kier alpha value is -1.59. The second kappa shape index (κ2) is 5.66. The molecule has 0 radical (unpaired) electrons. The van der Waals surface area contributed by atoms with Crippen molar-refractivity contribution >= 4 is 5.96 Å². The Morgan fingerprint density at radius 2 is 2.14 bits per heavy atom. The number of likely N-dealkylation sites (tertiary alicyclic amines) is 1. The van der Waals surface area contributed by atoms with Gasteiger partial charge in [0.1, 0.15) is 5.82 Å². The summed E-state index contributed by atoms with van der Waals surface area (Å²) in [5.41, 5.74) is 0.381. The zero-order chi connectivity index (χ0) is 14.9. The number of fused-ring (bicyclic) bond motifs is 1. The first-order chi connectivity index (χ1) is 10.1.